The summed E-state index contributed by atoms with van der Waals surface area (Å²) < 4.78 is 0. The lowest BCUT2D eigenvalue weighted by atomic mass is 10.1. The van der Waals surface area contributed by atoms with E-state index in [4.69, 9.17) is 5.11 Å². The maximum absolute atomic E-state index is 12.1. The minimum Gasteiger partial charge on any atom is -0.395 e. The van der Waals surface area contributed by atoms with E-state index in [1.807, 2.05) is 6.92 Å². The quantitative estimate of drug-likeness (QED) is 0.821. The molecule has 2 amide bonds. The van der Waals surface area contributed by atoms with E-state index in [-0.39, 0.29) is 18.4 Å². The number of aliphatic hydroxyl groups is 1. The third kappa shape index (κ3) is 2.36. The lowest BCUT2D eigenvalue weighted by Gasteiger charge is -2.19. The smallest absolute Gasteiger partial charge is 0.253 e. The number of hydrogen-bond donors (Lipinski definition) is 2. The van der Waals surface area contributed by atoms with Crippen LogP contribution in [0.2, 0.25) is 0 Å². The van der Waals surface area contributed by atoms with Gasteiger partial charge in [-0.2, -0.15) is 0 Å². The predicted octanol–water partition coefficient (Wildman–Crippen LogP) is 0.636. The van der Waals surface area contributed by atoms with Crippen molar-refractivity contribution in [2.75, 3.05) is 25.0 Å². The molecule has 18 heavy (non-hydrogen) atoms. The summed E-state index contributed by atoms with van der Waals surface area (Å²) in [5.41, 5.74) is 2.17. The van der Waals surface area contributed by atoms with Crippen LogP contribution in [0.25, 0.3) is 0 Å². The first kappa shape index (κ1) is 12.6. The van der Waals surface area contributed by atoms with Crippen LogP contribution in [0.3, 0.4) is 0 Å². The molecule has 0 unspecified atom stereocenters. The number of fused-ring (bicyclic) bond motifs is 1. The fourth-order valence-electron chi connectivity index (χ4n) is 2.05. The first-order chi connectivity index (χ1) is 8.65. The molecule has 5 heteroatoms. The molecule has 2 rings (SSSR count). The zero-order valence-corrected chi connectivity index (χ0v) is 10.3. The molecule has 1 heterocycles. The molecule has 0 radical (unpaired) electrons. The van der Waals surface area contributed by atoms with Gasteiger partial charge in [-0.1, -0.05) is 6.07 Å². The summed E-state index contributed by atoms with van der Waals surface area (Å²) in [5, 5.41) is 11.6. The second kappa shape index (κ2) is 5.18. The molecular weight excluding hydrogens is 232 g/mol. The summed E-state index contributed by atoms with van der Waals surface area (Å²) in [6.45, 7) is 2.67. The highest BCUT2D eigenvalue weighted by atomic mass is 16.3. The number of benzene rings is 1. The Kier molecular flexibility index (Phi) is 3.62. The van der Waals surface area contributed by atoms with Crippen molar-refractivity contribution in [2.45, 2.75) is 13.3 Å². The molecule has 0 atom stereocenters. The first-order valence-electron chi connectivity index (χ1n) is 5.98. The molecule has 5 nitrogen and oxygen atoms in total. The average Bonchev–Trinajstić information content (AvgIpc) is 2.74. The van der Waals surface area contributed by atoms with E-state index in [0.29, 0.717) is 30.8 Å². The zero-order chi connectivity index (χ0) is 13.1. The summed E-state index contributed by atoms with van der Waals surface area (Å²) in [7, 11) is 0. The van der Waals surface area contributed by atoms with Crippen LogP contribution in [0.15, 0.2) is 18.2 Å². The fourth-order valence-corrected chi connectivity index (χ4v) is 2.05. The van der Waals surface area contributed by atoms with Crippen LogP contribution in [0.4, 0.5) is 5.69 Å². The Balaban J connectivity index is 2.22. The number of amides is 2. The van der Waals surface area contributed by atoms with Gasteiger partial charge in [0.15, 0.2) is 0 Å². The zero-order valence-electron chi connectivity index (χ0n) is 10.3. The van der Waals surface area contributed by atoms with Gasteiger partial charge >= 0.3 is 0 Å². The second-order valence-corrected chi connectivity index (χ2v) is 4.21. The van der Waals surface area contributed by atoms with Crippen molar-refractivity contribution >= 4 is 17.5 Å². The highest BCUT2D eigenvalue weighted by Crippen LogP contribution is 2.24. The monoisotopic (exact) mass is 248 g/mol. The number of anilines is 1. The third-order valence-corrected chi connectivity index (χ3v) is 3.02. The number of aliphatic hydroxyl groups excluding tert-OH is 1. The Hall–Kier alpha value is -1.88. The Labute approximate surface area is 105 Å². The van der Waals surface area contributed by atoms with Crippen molar-refractivity contribution in [1.29, 1.82) is 0 Å². The van der Waals surface area contributed by atoms with Gasteiger partial charge in [0.2, 0.25) is 5.91 Å². The maximum Gasteiger partial charge on any atom is 0.253 e. The van der Waals surface area contributed by atoms with Crippen LogP contribution < -0.4 is 5.32 Å². The van der Waals surface area contributed by atoms with Gasteiger partial charge in [0.05, 0.1) is 13.0 Å². The summed E-state index contributed by atoms with van der Waals surface area (Å²) in [4.78, 5) is 25.0. The topological polar surface area (TPSA) is 69.6 Å². The number of carbonyl (C=O) groups is 2. The van der Waals surface area contributed by atoms with E-state index >= 15 is 0 Å². The maximum atomic E-state index is 12.1. The van der Waals surface area contributed by atoms with Crippen LogP contribution in [0.1, 0.15) is 22.8 Å². The molecule has 0 aliphatic carbocycles. The van der Waals surface area contributed by atoms with Crippen LogP contribution in [-0.4, -0.2) is 41.5 Å². The summed E-state index contributed by atoms with van der Waals surface area (Å²) in [5.74, 6) is -0.173. The van der Waals surface area contributed by atoms with Crippen molar-refractivity contribution in [3.05, 3.63) is 29.3 Å². The van der Waals surface area contributed by atoms with Gasteiger partial charge in [-0.3, -0.25) is 9.59 Å². The van der Waals surface area contributed by atoms with Crippen molar-refractivity contribution in [3.8, 4) is 0 Å². The molecule has 0 saturated carbocycles. The van der Waals surface area contributed by atoms with E-state index in [2.05, 4.69) is 5.32 Å². The summed E-state index contributed by atoms with van der Waals surface area (Å²) in [6, 6.07) is 5.22. The van der Waals surface area contributed by atoms with Crippen LogP contribution in [0.5, 0.6) is 0 Å². The molecular formula is C13H16N2O3. The average molecular weight is 248 g/mol. The molecule has 0 bridgehead atoms. The van der Waals surface area contributed by atoms with Crippen LogP contribution in [-0.2, 0) is 11.2 Å². The minimum absolute atomic E-state index is 0.0442. The number of likely N-dealkylation sites (N-methyl/N-ethyl adjacent to an activating group) is 1. The predicted molar refractivity (Wildman–Crippen MR) is 67.4 cm³/mol. The van der Waals surface area contributed by atoms with Gasteiger partial charge in [0.1, 0.15) is 0 Å². The molecule has 0 fully saturated rings. The molecule has 2 N–H and O–H groups in total. The van der Waals surface area contributed by atoms with Crippen molar-refractivity contribution in [1.82, 2.24) is 4.90 Å². The van der Waals surface area contributed by atoms with Crippen molar-refractivity contribution < 1.29 is 14.7 Å². The largest absolute Gasteiger partial charge is 0.395 e. The number of rotatable bonds is 4. The lowest BCUT2D eigenvalue weighted by Crippen LogP contribution is -2.33. The minimum atomic E-state index is -0.129. The highest BCUT2D eigenvalue weighted by molar-refractivity contribution is 6.02. The third-order valence-electron chi connectivity index (χ3n) is 3.02. The Morgan fingerprint density at radius 2 is 2.28 bits per heavy atom. The second-order valence-electron chi connectivity index (χ2n) is 4.21. The molecule has 96 valence electrons. The van der Waals surface area contributed by atoms with Gasteiger partial charge in [-0.25, -0.2) is 0 Å². The summed E-state index contributed by atoms with van der Waals surface area (Å²) >= 11 is 0. The SMILES string of the molecule is CCN(CCO)C(=O)c1ccc2c(c1)NC(=O)C2. The summed E-state index contributed by atoms with van der Waals surface area (Å²) in [6.07, 6.45) is 0.373. The van der Waals surface area contributed by atoms with E-state index in [1.54, 1.807) is 23.1 Å². The van der Waals surface area contributed by atoms with Crippen LogP contribution in [0, 0.1) is 0 Å². The van der Waals surface area contributed by atoms with E-state index in [0.717, 1.165) is 5.56 Å². The molecule has 1 aromatic rings. The lowest BCUT2D eigenvalue weighted by molar-refractivity contribution is -0.115. The Bertz CT molecular complexity index is 485. The molecule has 0 aromatic heterocycles. The van der Waals surface area contributed by atoms with E-state index < -0.39 is 0 Å². The fraction of sp³-hybridized carbons (Fsp3) is 0.385. The van der Waals surface area contributed by atoms with Gasteiger partial charge < -0.3 is 15.3 Å². The van der Waals surface area contributed by atoms with E-state index in [9.17, 15) is 9.59 Å². The molecule has 0 spiro atoms. The van der Waals surface area contributed by atoms with Gasteiger partial charge in [0.25, 0.3) is 5.91 Å². The standard InChI is InChI=1S/C13H16N2O3/c1-2-15(5-6-16)13(18)10-4-3-9-8-12(17)14-11(9)7-10/h3-4,7,16H,2,5-6,8H2,1H3,(H,14,17). The van der Waals surface area contributed by atoms with Crippen LogP contribution >= 0.6 is 0 Å². The number of hydrogen-bond acceptors (Lipinski definition) is 3. The van der Waals surface area contributed by atoms with E-state index in [1.165, 1.54) is 0 Å². The molecule has 0 saturated heterocycles. The number of carbonyl (C=O) groups excluding carboxylic acids is 2. The normalized spacial score (nSPS) is 13.1. The van der Waals surface area contributed by atoms with Gasteiger partial charge in [0, 0.05) is 24.3 Å². The molecule has 1 aliphatic rings. The number of nitrogens with one attached hydrogen (secondary N) is 1. The molecule has 1 aliphatic heterocycles. The number of nitrogens with zero attached hydrogens (tertiary/aromatic N) is 1. The van der Waals surface area contributed by atoms with Gasteiger partial charge in [-0.05, 0) is 24.6 Å². The van der Waals surface area contributed by atoms with Crippen molar-refractivity contribution in [2.24, 2.45) is 0 Å². The van der Waals surface area contributed by atoms with Crippen molar-refractivity contribution in [3.63, 3.8) is 0 Å². The van der Waals surface area contributed by atoms with Gasteiger partial charge in [-0.15, -0.1) is 0 Å². The Morgan fingerprint density at radius 1 is 1.50 bits per heavy atom. The highest BCUT2D eigenvalue weighted by Gasteiger charge is 2.20. The molecule has 1 aromatic carbocycles. The first-order valence-corrected chi connectivity index (χ1v) is 5.98. The Morgan fingerprint density at radius 3 is 2.94 bits per heavy atom.